The highest BCUT2D eigenvalue weighted by Crippen LogP contribution is 2.22. The Bertz CT molecular complexity index is 611. The van der Waals surface area contributed by atoms with Crippen molar-refractivity contribution in [1.29, 1.82) is 0 Å². The quantitative estimate of drug-likeness (QED) is 0.941. The Labute approximate surface area is 122 Å². The van der Waals surface area contributed by atoms with Gasteiger partial charge in [-0.1, -0.05) is 23.7 Å². The number of carbonyl (C=O) groups is 1. The number of nitrogens with one attached hydrogen (secondary N) is 1. The summed E-state index contributed by atoms with van der Waals surface area (Å²) in [5.74, 6) is 0.399. The number of hydrogen-bond donors (Lipinski definition) is 1. The molecule has 1 aromatic heterocycles. The number of rotatable bonds is 4. The molecule has 0 spiro atoms. The molecule has 0 unspecified atom stereocenters. The number of halogens is 1. The highest BCUT2D eigenvalue weighted by atomic mass is 35.5. The Morgan fingerprint density at radius 3 is 2.55 bits per heavy atom. The van der Waals surface area contributed by atoms with Crippen LogP contribution < -0.4 is 10.1 Å². The summed E-state index contributed by atoms with van der Waals surface area (Å²) in [7, 11) is 0. The minimum atomic E-state index is -0.338. The van der Waals surface area contributed by atoms with Crippen LogP contribution in [0.15, 0.2) is 30.3 Å². The lowest BCUT2D eigenvalue weighted by Gasteiger charge is -2.08. The largest absolute Gasteiger partial charge is 0.482 e. The van der Waals surface area contributed by atoms with Gasteiger partial charge in [0.05, 0.1) is 5.02 Å². The zero-order valence-electron chi connectivity index (χ0n) is 11.2. The van der Waals surface area contributed by atoms with Gasteiger partial charge in [0, 0.05) is 11.4 Å². The van der Waals surface area contributed by atoms with Crippen molar-refractivity contribution in [2.75, 3.05) is 11.9 Å². The number of nitrogens with zero attached hydrogens (tertiary/aromatic N) is 2. The van der Waals surface area contributed by atoms with Gasteiger partial charge >= 0.3 is 0 Å². The molecule has 2 rings (SSSR count). The molecule has 20 heavy (non-hydrogen) atoms. The molecule has 1 amide bonds. The molecule has 1 aromatic carbocycles. The van der Waals surface area contributed by atoms with Crippen LogP contribution in [0.25, 0.3) is 0 Å². The molecule has 0 aliphatic heterocycles. The molecule has 0 bridgehead atoms. The van der Waals surface area contributed by atoms with E-state index in [9.17, 15) is 4.79 Å². The predicted molar refractivity (Wildman–Crippen MR) is 77.1 cm³/mol. The van der Waals surface area contributed by atoms with E-state index in [-0.39, 0.29) is 18.5 Å². The molecule has 0 saturated heterocycles. The zero-order chi connectivity index (χ0) is 14.5. The van der Waals surface area contributed by atoms with Gasteiger partial charge in [0.25, 0.3) is 5.91 Å². The van der Waals surface area contributed by atoms with E-state index in [4.69, 9.17) is 16.3 Å². The van der Waals surface area contributed by atoms with Gasteiger partial charge < -0.3 is 4.74 Å². The van der Waals surface area contributed by atoms with Gasteiger partial charge in [-0.15, -0.1) is 0 Å². The molecule has 0 atom stereocenters. The summed E-state index contributed by atoms with van der Waals surface area (Å²) in [6, 6.07) is 8.80. The van der Waals surface area contributed by atoms with Crippen LogP contribution in [0.4, 0.5) is 5.95 Å². The Morgan fingerprint density at radius 2 is 1.90 bits per heavy atom. The van der Waals surface area contributed by atoms with Crippen molar-refractivity contribution in [3.05, 3.63) is 46.7 Å². The first-order valence-corrected chi connectivity index (χ1v) is 6.42. The lowest BCUT2D eigenvalue weighted by Crippen LogP contribution is -2.21. The summed E-state index contributed by atoms with van der Waals surface area (Å²) in [6.45, 7) is 3.52. The van der Waals surface area contributed by atoms with Crippen LogP contribution in [0, 0.1) is 13.8 Å². The second-order valence-corrected chi connectivity index (χ2v) is 4.65. The topological polar surface area (TPSA) is 64.1 Å². The van der Waals surface area contributed by atoms with Crippen LogP contribution in [0.1, 0.15) is 11.4 Å². The summed E-state index contributed by atoms with van der Waals surface area (Å²) in [5, 5.41) is 3.05. The van der Waals surface area contributed by atoms with Gasteiger partial charge in [-0.25, -0.2) is 9.97 Å². The Kier molecular flexibility index (Phi) is 4.53. The van der Waals surface area contributed by atoms with Crippen molar-refractivity contribution in [1.82, 2.24) is 9.97 Å². The van der Waals surface area contributed by atoms with Gasteiger partial charge in [-0.05, 0) is 32.0 Å². The van der Waals surface area contributed by atoms with Crippen molar-refractivity contribution in [3.63, 3.8) is 0 Å². The molecule has 0 fully saturated rings. The number of benzene rings is 1. The fourth-order valence-corrected chi connectivity index (χ4v) is 1.84. The third kappa shape index (κ3) is 3.93. The third-order valence-electron chi connectivity index (χ3n) is 2.43. The van der Waals surface area contributed by atoms with Gasteiger partial charge in [0.15, 0.2) is 6.61 Å². The van der Waals surface area contributed by atoms with Gasteiger partial charge in [-0.2, -0.15) is 0 Å². The maximum atomic E-state index is 11.8. The lowest BCUT2D eigenvalue weighted by atomic mass is 10.3. The third-order valence-corrected chi connectivity index (χ3v) is 2.74. The van der Waals surface area contributed by atoms with Gasteiger partial charge in [0.1, 0.15) is 5.75 Å². The highest BCUT2D eigenvalue weighted by molar-refractivity contribution is 6.32. The van der Waals surface area contributed by atoms with Crippen molar-refractivity contribution in [2.24, 2.45) is 0 Å². The average molecular weight is 292 g/mol. The number of carbonyl (C=O) groups excluding carboxylic acids is 1. The smallest absolute Gasteiger partial charge is 0.264 e. The van der Waals surface area contributed by atoms with E-state index < -0.39 is 0 Å². The van der Waals surface area contributed by atoms with Crippen LogP contribution in [-0.4, -0.2) is 22.5 Å². The fraction of sp³-hybridized carbons (Fsp3) is 0.214. The van der Waals surface area contributed by atoms with Crippen LogP contribution in [0.2, 0.25) is 5.02 Å². The van der Waals surface area contributed by atoms with Gasteiger partial charge in [-0.3, -0.25) is 10.1 Å². The maximum absolute atomic E-state index is 11.8. The molecular formula is C14H14ClN3O2. The first-order valence-electron chi connectivity index (χ1n) is 6.04. The molecule has 0 aliphatic rings. The van der Waals surface area contributed by atoms with E-state index in [0.29, 0.717) is 10.8 Å². The molecule has 104 valence electrons. The van der Waals surface area contributed by atoms with Crippen molar-refractivity contribution >= 4 is 23.5 Å². The SMILES string of the molecule is Cc1cc(C)nc(NC(=O)COc2ccccc2Cl)n1. The molecule has 2 aromatic rings. The van der Waals surface area contributed by atoms with Crippen LogP contribution in [0.5, 0.6) is 5.75 Å². The molecule has 0 radical (unpaired) electrons. The number of amides is 1. The van der Waals surface area contributed by atoms with Crippen LogP contribution >= 0.6 is 11.6 Å². The summed E-state index contributed by atoms with van der Waals surface area (Å²) >= 11 is 5.93. The van der Waals surface area contributed by atoms with Crippen molar-refractivity contribution < 1.29 is 9.53 Å². The Morgan fingerprint density at radius 1 is 1.25 bits per heavy atom. The minimum Gasteiger partial charge on any atom is -0.482 e. The molecule has 1 heterocycles. The summed E-state index contributed by atoms with van der Waals surface area (Å²) in [6.07, 6.45) is 0. The number of aryl methyl sites for hydroxylation is 2. The summed E-state index contributed by atoms with van der Waals surface area (Å²) < 4.78 is 5.33. The Hall–Kier alpha value is -2.14. The monoisotopic (exact) mass is 291 g/mol. The molecule has 0 saturated carbocycles. The first kappa shape index (κ1) is 14.3. The number of anilines is 1. The predicted octanol–water partition coefficient (Wildman–Crippen LogP) is 2.76. The average Bonchev–Trinajstić information content (AvgIpc) is 2.36. The van der Waals surface area contributed by atoms with E-state index >= 15 is 0 Å². The lowest BCUT2D eigenvalue weighted by molar-refractivity contribution is -0.118. The summed E-state index contributed by atoms with van der Waals surface area (Å²) in [4.78, 5) is 20.0. The highest BCUT2D eigenvalue weighted by Gasteiger charge is 2.08. The Balaban J connectivity index is 1.94. The number of hydrogen-bond acceptors (Lipinski definition) is 4. The van der Waals surface area contributed by atoms with E-state index in [2.05, 4.69) is 15.3 Å². The number of aromatic nitrogens is 2. The second-order valence-electron chi connectivity index (χ2n) is 4.24. The van der Waals surface area contributed by atoms with E-state index in [0.717, 1.165) is 11.4 Å². The van der Waals surface area contributed by atoms with Crippen LogP contribution in [-0.2, 0) is 4.79 Å². The molecule has 5 nitrogen and oxygen atoms in total. The number of ether oxygens (including phenoxy) is 1. The fourth-order valence-electron chi connectivity index (χ4n) is 1.65. The molecule has 6 heteroatoms. The minimum absolute atomic E-state index is 0.153. The van der Waals surface area contributed by atoms with E-state index in [1.165, 1.54) is 0 Å². The maximum Gasteiger partial charge on any atom is 0.264 e. The molecule has 1 N–H and O–H groups in total. The normalized spacial score (nSPS) is 10.2. The molecular weight excluding hydrogens is 278 g/mol. The second kappa shape index (κ2) is 6.34. The van der Waals surface area contributed by atoms with Crippen LogP contribution in [0.3, 0.4) is 0 Å². The number of para-hydroxylation sites is 1. The standard InChI is InChI=1S/C14H14ClN3O2/c1-9-7-10(2)17-14(16-9)18-13(19)8-20-12-6-4-3-5-11(12)15/h3-7H,8H2,1-2H3,(H,16,17,18,19). The van der Waals surface area contributed by atoms with Crippen molar-refractivity contribution in [2.45, 2.75) is 13.8 Å². The van der Waals surface area contributed by atoms with Crippen molar-refractivity contribution in [3.8, 4) is 5.75 Å². The van der Waals surface area contributed by atoms with E-state index in [1.54, 1.807) is 24.3 Å². The van der Waals surface area contributed by atoms with Gasteiger partial charge in [0.2, 0.25) is 5.95 Å². The zero-order valence-corrected chi connectivity index (χ0v) is 11.9. The first-order chi connectivity index (χ1) is 9.54. The van der Waals surface area contributed by atoms with E-state index in [1.807, 2.05) is 19.9 Å². The summed E-state index contributed by atoms with van der Waals surface area (Å²) in [5.41, 5.74) is 1.58. The molecule has 0 aliphatic carbocycles.